The number of hydrogen-bond acceptors (Lipinski definition) is 5. The number of aromatic nitrogens is 1. The maximum Gasteiger partial charge on any atom is 0.226 e. The van der Waals surface area contributed by atoms with Crippen LogP contribution in [0.2, 0.25) is 0 Å². The molecule has 2 aromatic carbocycles. The SMILES string of the molecule is Cc1ccc(CNC(=O)Cc2csc(SCC(=O)c3ccccc3)n2)cc1. The van der Waals surface area contributed by atoms with Crippen LogP contribution in [0.15, 0.2) is 64.3 Å². The van der Waals surface area contributed by atoms with Crippen LogP contribution in [0.3, 0.4) is 0 Å². The third-order valence-electron chi connectivity index (χ3n) is 3.91. The predicted molar refractivity (Wildman–Crippen MR) is 110 cm³/mol. The van der Waals surface area contributed by atoms with Gasteiger partial charge >= 0.3 is 0 Å². The Morgan fingerprint density at radius 1 is 1.07 bits per heavy atom. The Morgan fingerprint density at radius 3 is 2.56 bits per heavy atom. The zero-order valence-electron chi connectivity index (χ0n) is 15.0. The minimum Gasteiger partial charge on any atom is -0.352 e. The van der Waals surface area contributed by atoms with Gasteiger partial charge in [0.1, 0.15) is 0 Å². The van der Waals surface area contributed by atoms with Crippen LogP contribution < -0.4 is 5.32 Å². The minimum atomic E-state index is -0.0576. The molecule has 1 N–H and O–H groups in total. The zero-order valence-corrected chi connectivity index (χ0v) is 16.6. The summed E-state index contributed by atoms with van der Waals surface area (Å²) < 4.78 is 0.806. The molecule has 1 aromatic heterocycles. The molecule has 0 saturated carbocycles. The summed E-state index contributed by atoms with van der Waals surface area (Å²) in [5.74, 6) is 0.363. The summed E-state index contributed by atoms with van der Waals surface area (Å²) in [6.45, 7) is 2.55. The number of thiazole rings is 1. The van der Waals surface area contributed by atoms with E-state index in [0.717, 1.165) is 15.6 Å². The molecular weight excluding hydrogens is 376 g/mol. The second-order valence-corrected chi connectivity index (χ2v) is 8.20. The van der Waals surface area contributed by atoms with Crippen molar-refractivity contribution in [3.8, 4) is 0 Å². The van der Waals surface area contributed by atoms with Crippen molar-refractivity contribution in [2.75, 3.05) is 5.75 Å². The molecule has 0 fully saturated rings. The van der Waals surface area contributed by atoms with Crippen molar-refractivity contribution in [1.82, 2.24) is 10.3 Å². The van der Waals surface area contributed by atoms with Crippen LogP contribution in [0.4, 0.5) is 0 Å². The number of nitrogens with zero attached hydrogens (tertiary/aromatic N) is 1. The summed E-state index contributed by atoms with van der Waals surface area (Å²) in [4.78, 5) is 28.7. The van der Waals surface area contributed by atoms with Gasteiger partial charge in [-0.05, 0) is 12.5 Å². The molecule has 27 heavy (non-hydrogen) atoms. The molecule has 0 aliphatic carbocycles. The lowest BCUT2D eigenvalue weighted by molar-refractivity contribution is -0.120. The number of thioether (sulfide) groups is 1. The lowest BCUT2D eigenvalue weighted by atomic mass is 10.1. The van der Waals surface area contributed by atoms with E-state index in [4.69, 9.17) is 0 Å². The number of hydrogen-bond donors (Lipinski definition) is 1. The van der Waals surface area contributed by atoms with Crippen molar-refractivity contribution in [2.24, 2.45) is 0 Å². The smallest absolute Gasteiger partial charge is 0.226 e. The maximum absolute atomic E-state index is 12.1. The number of amides is 1. The van der Waals surface area contributed by atoms with Gasteiger partial charge in [0.15, 0.2) is 10.1 Å². The van der Waals surface area contributed by atoms with Crippen LogP contribution in [-0.2, 0) is 17.8 Å². The molecule has 138 valence electrons. The van der Waals surface area contributed by atoms with E-state index in [0.29, 0.717) is 17.9 Å². The molecule has 4 nitrogen and oxygen atoms in total. The molecule has 0 saturated heterocycles. The Morgan fingerprint density at radius 2 is 1.81 bits per heavy atom. The highest BCUT2D eigenvalue weighted by Crippen LogP contribution is 2.23. The zero-order chi connectivity index (χ0) is 19.1. The molecule has 6 heteroatoms. The van der Waals surface area contributed by atoms with Gasteiger partial charge < -0.3 is 5.32 Å². The molecule has 1 heterocycles. The first-order valence-corrected chi connectivity index (χ1v) is 10.4. The molecule has 3 aromatic rings. The number of carbonyl (C=O) groups excluding carboxylic acids is 2. The largest absolute Gasteiger partial charge is 0.352 e. The van der Waals surface area contributed by atoms with Crippen molar-refractivity contribution in [2.45, 2.75) is 24.2 Å². The molecule has 3 rings (SSSR count). The normalized spacial score (nSPS) is 10.6. The number of Topliss-reactive ketones (excluding diaryl/α,β-unsaturated/α-hetero) is 1. The van der Waals surface area contributed by atoms with E-state index < -0.39 is 0 Å². The van der Waals surface area contributed by atoms with E-state index >= 15 is 0 Å². The average molecular weight is 397 g/mol. The quantitative estimate of drug-likeness (QED) is 0.456. The van der Waals surface area contributed by atoms with Crippen molar-refractivity contribution < 1.29 is 9.59 Å². The Hall–Kier alpha value is -2.44. The van der Waals surface area contributed by atoms with Gasteiger partial charge in [-0.2, -0.15) is 0 Å². The van der Waals surface area contributed by atoms with Gasteiger partial charge in [0, 0.05) is 17.5 Å². The summed E-state index contributed by atoms with van der Waals surface area (Å²) in [7, 11) is 0. The molecule has 0 spiro atoms. The fraction of sp³-hybridized carbons (Fsp3) is 0.190. The van der Waals surface area contributed by atoms with Crippen molar-refractivity contribution in [3.05, 3.63) is 82.4 Å². The van der Waals surface area contributed by atoms with Gasteiger partial charge in [0.25, 0.3) is 0 Å². The molecule has 0 aliphatic heterocycles. The maximum atomic E-state index is 12.1. The third kappa shape index (κ3) is 6.05. The Bertz CT molecular complexity index is 905. The molecule has 0 radical (unpaired) electrons. The fourth-order valence-corrected chi connectivity index (χ4v) is 4.14. The van der Waals surface area contributed by atoms with Crippen LogP contribution in [0.5, 0.6) is 0 Å². The second kappa shape index (κ2) is 9.48. The number of aryl methyl sites for hydroxylation is 1. The van der Waals surface area contributed by atoms with Gasteiger partial charge in [-0.15, -0.1) is 11.3 Å². The van der Waals surface area contributed by atoms with Gasteiger partial charge in [0.2, 0.25) is 5.91 Å². The monoisotopic (exact) mass is 396 g/mol. The molecule has 0 aliphatic rings. The van der Waals surface area contributed by atoms with E-state index in [1.54, 1.807) is 0 Å². The van der Waals surface area contributed by atoms with Crippen LogP contribution in [0, 0.1) is 6.92 Å². The molecule has 0 atom stereocenters. The topological polar surface area (TPSA) is 59.1 Å². The third-order valence-corrected chi connectivity index (χ3v) is 5.97. The Kier molecular flexibility index (Phi) is 6.79. The fourth-order valence-electron chi connectivity index (χ4n) is 2.40. The lowest BCUT2D eigenvalue weighted by Gasteiger charge is -2.04. The summed E-state index contributed by atoms with van der Waals surface area (Å²) in [5, 5.41) is 4.79. The van der Waals surface area contributed by atoms with E-state index in [2.05, 4.69) is 10.3 Å². The number of carbonyl (C=O) groups is 2. The van der Waals surface area contributed by atoms with Crippen LogP contribution in [-0.4, -0.2) is 22.4 Å². The number of benzene rings is 2. The molecular formula is C21H20N2O2S2. The minimum absolute atomic E-state index is 0.0576. The van der Waals surface area contributed by atoms with E-state index in [-0.39, 0.29) is 18.1 Å². The highest BCUT2D eigenvalue weighted by atomic mass is 32.2. The predicted octanol–water partition coefficient (Wildman–Crippen LogP) is 4.29. The van der Waals surface area contributed by atoms with Gasteiger partial charge in [0.05, 0.1) is 17.9 Å². The highest BCUT2D eigenvalue weighted by Gasteiger charge is 2.11. The van der Waals surface area contributed by atoms with E-state index in [1.165, 1.54) is 28.7 Å². The first kappa shape index (κ1) is 19.3. The Labute approximate surface area is 167 Å². The van der Waals surface area contributed by atoms with E-state index in [9.17, 15) is 9.59 Å². The van der Waals surface area contributed by atoms with Gasteiger partial charge in [-0.3, -0.25) is 9.59 Å². The average Bonchev–Trinajstić information content (AvgIpc) is 3.13. The molecule has 0 unspecified atom stereocenters. The van der Waals surface area contributed by atoms with E-state index in [1.807, 2.05) is 66.9 Å². The summed E-state index contributed by atoms with van der Waals surface area (Å²) in [6, 6.07) is 17.3. The van der Waals surface area contributed by atoms with Crippen LogP contribution >= 0.6 is 23.1 Å². The van der Waals surface area contributed by atoms with Gasteiger partial charge in [-0.1, -0.05) is 71.9 Å². The second-order valence-electron chi connectivity index (χ2n) is 6.12. The van der Waals surface area contributed by atoms with Crippen LogP contribution in [0.25, 0.3) is 0 Å². The lowest BCUT2D eigenvalue weighted by Crippen LogP contribution is -2.24. The number of rotatable bonds is 8. The molecule has 1 amide bonds. The standard InChI is InChI=1S/C21H20N2O2S2/c1-15-7-9-16(10-8-15)12-22-20(25)11-18-13-26-21(23-18)27-14-19(24)17-5-3-2-4-6-17/h2-10,13H,11-12,14H2,1H3,(H,22,25). The summed E-state index contributed by atoms with van der Waals surface area (Å²) >= 11 is 2.87. The van der Waals surface area contributed by atoms with Crippen LogP contribution in [0.1, 0.15) is 27.2 Å². The summed E-state index contributed by atoms with van der Waals surface area (Å²) in [5.41, 5.74) is 3.71. The molecule has 0 bridgehead atoms. The Balaban J connectivity index is 1.45. The number of nitrogens with one attached hydrogen (secondary N) is 1. The van der Waals surface area contributed by atoms with Crippen molar-refractivity contribution >= 4 is 34.8 Å². The van der Waals surface area contributed by atoms with Crippen molar-refractivity contribution in [3.63, 3.8) is 0 Å². The first-order valence-electron chi connectivity index (χ1n) is 8.58. The first-order chi connectivity index (χ1) is 13.1. The summed E-state index contributed by atoms with van der Waals surface area (Å²) in [6.07, 6.45) is 0.246. The number of ketones is 1. The highest BCUT2D eigenvalue weighted by molar-refractivity contribution is 8.01. The van der Waals surface area contributed by atoms with Gasteiger partial charge in [-0.25, -0.2) is 4.98 Å². The van der Waals surface area contributed by atoms with Crippen molar-refractivity contribution in [1.29, 1.82) is 0 Å².